The molecule has 1 atom stereocenters. The third-order valence-electron chi connectivity index (χ3n) is 3.45. The van der Waals surface area contributed by atoms with Crippen LogP contribution in [0.15, 0.2) is 27.6 Å². The van der Waals surface area contributed by atoms with Crippen molar-refractivity contribution in [3.8, 4) is 0 Å². The Kier molecular flexibility index (Phi) is 5.61. The van der Waals surface area contributed by atoms with Gasteiger partial charge in [0.25, 0.3) is 0 Å². The molecule has 0 bridgehead atoms. The van der Waals surface area contributed by atoms with Crippen molar-refractivity contribution in [3.63, 3.8) is 0 Å². The third-order valence-corrected chi connectivity index (χ3v) is 5.59. The van der Waals surface area contributed by atoms with Gasteiger partial charge in [-0.25, -0.2) is 13.1 Å². The van der Waals surface area contributed by atoms with Gasteiger partial charge in [-0.2, -0.15) is 0 Å². The first-order valence-corrected chi connectivity index (χ1v) is 9.08. The van der Waals surface area contributed by atoms with E-state index in [9.17, 15) is 8.42 Å². The first kappa shape index (κ1) is 16.7. The van der Waals surface area contributed by atoms with Crippen LogP contribution in [0.25, 0.3) is 0 Å². The van der Waals surface area contributed by atoms with Crippen molar-refractivity contribution < 1.29 is 13.2 Å². The summed E-state index contributed by atoms with van der Waals surface area (Å²) in [6, 6.07) is 4.58. The van der Waals surface area contributed by atoms with Gasteiger partial charge < -0.3 is 10.5 Å². The number of nitrogens with zero attached hydrogens (tertiary/aromatic N) is 1. The molecule has 0 radical (unpaired) electrons. The van der Waals surface area contributed by atoms with Gasteiger partial charge in [-0.15, -0.1) is 0 Å². The third kappa shape index (κ3) is 4.40. The summed E-state index contributed by atoms with van der Waals surface area (Å²) < 4.78 is 33.3. The first-order chi connectivity index (χ1) is 9.92. The minimum Gasteiger partial charge on any atom is -0.398 e. The number of sulfonamides is 1. The quantitative estimate of drug-likeness (QED) is 0.748. The van der Waals surface area contributed by atoms with Gasteiger partial charge in [-0.1, -0.05) is 6.92 Å². The molecular weight excluding hydrogens is 358 g/mol. The average Bonchev–Trinajstić information content (AvgIpc) is 2.48. The predicted octanol–water partition coefficient (Wildman–Crippen LogP) is 1.03. The Hall–Kier alpha value is -0.670. The highest BCUT2D eigenvalue weighted by Gasteiger charge is 2.22. The summed E-state index contributed by atoms with van der Waals surface area (Å²) in [6.07, 6.45) is -0.124. The number of hydrogen-bond acceptors (Lipinski definition) is 5. The number of ether oxygens (including phenoxy) is 1. The lowest BCUT2D eigenvalue weighted by Crippen LogP contribution is -2.47. The van der Waals surface area contributed by atoms with Gasteiger partial charge in [0.05, 0.1) is 17.6 Å². The molecule has 0 spiro atoms. The van der Waals surface area contributed by atoms with Gasteiger partial charge in [0.15, 0.2) is 0 Å². The number of nitrogen functional groups attached to an aromatic ring is 1. The van der Waals surface area contributed by atoms with E-state index in [1.165, 1.54) is 12.1 Å². The van der Waals surface area contributed by atoms with Crippen molar-refractivity contribution in [2.45, 2.75) is 17.9 Å². The van der Waals surface area contributed by atoms with E-state index in [0.717, 1.165) is 19.6 Å². The smallest absolute Gasteiger partial charge is 0.240 e. The Labute approximate surface area is 133 Å². The van der Waals surface area contributed by atoms with E-state index in [4.69, 9.17) is 10.5 Å². The fourth-order valence-corrected chi connectivity index (χ4v) is 3.51. The molecular formula is C13H20BrN3O3S. The van der Waals surface area contributed by atoms with E-state index < -0.39 is 10.0 Å². The lowest BCUT2D eigenvalue weighted by molar-refractivity contribution is -0.0229. The molecule has 1 aliphatic rings. The van der Waals surface area contributed by atoms with Crippen LogP contribution in [-0.2, 0) is 14.8 Å². The van der Waals surface area contributed by atoms with E-state index >= 15 is 0 Å². The fourth-order valence-electron chi connectivity index (χ4n) is 2.17. The van der Waals surface area contributed by atoms with Crippen molar-refractivity contribution in [2.75, 3.05) is 38.5 Å². The maximum Gasteiger partial charge on any atom is 0.240 e. The van der Waals surface area contributed by atoms with Crippen LogP contribution >= 0.6 is 15.9 Å². The van der Waals surface area contributed by atoms with Crippen molar-refractivity contribution in [1.29, 1.82) is 0 Å². The molecule has 8 heteroatoms. The van der Waals surface area contributed by atoms with Crippen molar-refractivity contribution >= 4 is 31.6 Å². The summed E-state index contributed by atoms with van der Waals surface area (Å²) >= 11 is 3.25. The second-order valence-corrected chi connectivity index (χ2v) is 7.54. The number of nitrogens with one attached hydrogen (secondary N) is 1. The molecule has 0 saturated carbocycles. The number of nitrogens with two attached hydrogens (primary N) is 1. The van der Waals surface area contributed by atoms with Crippen molar-refractivity contribution in [2.24, 2.45) is 0 Å². The molecule has 1 aromatic rings. The molecule has 0 aliphatic carbocycles. The summed E-state index contributed by atoms with van der Waals surface area (Å²) in [6.45, 7) is 5.54. The zero-order valence-corrected chi connectivity index (χ0v) is 14.3. The molecule has 1 saturated heterocycles. The number of likely N-dealkylation sites (N-methyl/N-ethyl adjacent to an activating group) is 1. The maximum absolute atomic E-state index is 12.2. The SMILES string of the molecule is CCN1CCOC(CNS(=O)(=O)c2ccc(Br)c(N)c2)C1. The van der Waals surface area contributed by atoms with Crippen LogP contribution in [0.3, 0.4) is 0 Å². The fraction of sp³-hybridized carbons (Fsp3) is 0.538. The lowest BCUT2D eigenvalue weighted by Gasteiger charge is -2.32. The van der Waals surface area contributed by atoms with Crippen LogP contribution in [0, 0.1) is 0 Å². The van der Waals surface area contributed by atoms with E-state index in [1.54, 1.807) is 6.07 Å². The molecule has 21 heavy (non-hydrogen) atoms. The molecule has 6 nitrogen and oxygen atoms in total. The van der Waals surface area contributed by atoms with Crippen LogP contribution in [0.5, 0.6) is 0 Å². The van der Waals surface area contributed by atoms with Crippen LogP contribution in [0.1, 0.15) is 6.92 Å². The minimum absolute atomic E-state index is 0.124. The van der Waals surface area contributed by atoms with Crippen molar-refractivity contribution in [1.82, 2.24) is 9.62 Å². The lowest BCUT2D eigenvalue weighted by atomic mass is 10.3. The van der Waals surface area contributed by atoms with Gasteiger partial charge >= 0.3 is 0 Å². The maximum atomic E-state index is 12.2. The standard InChI is InChI=1S/C13H20BrN3O3S/c1-2-17-5-6-20-10(9-17)8-16-21(18,19)11-3-4-12(14)13(15)7-11/h3-4,7,10,16H,2,5-6,8-9,15H2,1H3. The normalized spacial score (nSPS) is 20.6. The Morgan fingerprint density at radius 1 is 1.52 bits per heavy atom. The van der Waals surface area contributed by atoms with Crippen LogP contribution in [0.4, 0.5) is 5.69 Å². The Bertz CT molecular complexity index is 594. The molecule has 3 N–H and O–H groups in total. The van der Waals surface area contributed by atoms with Gasteiger partial charge in [0.1, 0.15) is 0 Å². The van der Waals surface area contributed by atoms with Crippen molar-refractivity contribution in [3.05, 3.63) is 22.7 Å². The zero-order valence-electron chi connectivity index (χ0n) is 11.9. The van der Waals surface area contributed by atoms with Gasteiger partial charge in [-0.05, 0) is 40.7 Å². The molecule has 1 unspecified atom stereocenters. The molecule has 2 rings (SSSR count). The van der Waals surface area contributed by atoms with Gasteiger partial charge in [0, 0.05) is 29.8 Å². The Morgan fingerprint density at radius 2 is 2.29 bits per heavy atom. The number of morpholine rings is 1. The number of rotatable bonds is 5. The molecule has 1 fully saturated rings. The van der Waals surface area contributed by atoms with E-state index in [0.29, 0.717) is 16.8 Å². The summed E-state index contributed by atoms with van der Waals surface area (Å²) in [5.41, 5.74) is 6.11. The van der Waals surface area contributed by atoms with E-state index in [2.05, 4.69) is 32.5 Å². The molecule has 1 heterocycles. The average molecular weight is 378 g/mol. The number of anilines is 1. The van der Waals surface area contributed by atoms with E-state index in [-0.39, 0.29) is 17.5 Å². The molecule has 0 aromatic heterocycles. The molecule has 0 amide bonds. The predicted molar refractivity (Wildman–Crippen MR) is 85.6 cm³/mol. The second-order valence-electron chi connectivity index (χ2n) is 4.92. The number of hydrogen-bond donors (Lipinski definition) is 2. The van der Waals surface area contributed by atoms with Crippen LogP contribution in [-0.4, -0.2) is 52.2 Å². The first-order valence-electron chi connectivity index (χ1n) is 6.81. The van der Waals surface area contributed by atoms with Gasteiger partial charge in [-0.3, -0.25) is 4.90 Å². The molecule has 1 aromatic carbocycles. The highest BCUT2D eigenvalue weighted by Crippen LogP contribution is 2.22. The van der Waals surface area contributed by atoms with Crippen LogP contribution < -0.4 is 10.5 Å². The minimum atomic E-state index is -3.57. The van der Waals surface area contributed by atoms with Gasteiger partial charge in [0.2, 0.25) is 10.0 Å². The van der Waals surface area contributed by atoms with Crippen LogP contribution in [0.2, 0.25) is 0 Å². The number of benzene rings is 1. The highest BCUT2D eigenvalue weighted by molar-refractivity contribution is 9.10. The zero-order chi connectivity index (χ0) is 15.5. The monoisotopic (exact) mass is 377 g/mol. The molecule has 118 valence electrons. The molecule has 1 aliphatic heterocycles. The Balaban J connectivity index is 1.99. The summed E-state index contributed by atoms with van der Waals surface area (Å²) in [5, 5.41) is 0. The second kappa shape index (κ2) is 7.06. The number of halogens is 1. The highest BCUT2D eigenvalue weighted by atomic mass is 79.9. The topological polar surface area (TPSA) is 84.7 Å². The van der Waals surface area contributed by atoms with E-state index in [1.807, 2.05) is 0 Å². The summed E-state index contributed by atoms with van der Waals surface area (Å²) in [5.74, 6) is 0. The largest absolute Gasteiger partial charge is 0.398 e. The summed E-state index contributed by atoms with van der Waals surface area (Å²) in [4.78, 5) is 2.39. The summed E-state index contributed by atoms with van der Waals surface area (Å²) in [7, 11) is -3.57. The Morgan fingerprint density at radius 3 is 2.95 bits per heavy atom.